The van der Waals surface area contributed by atoms with Crippen LogP contribution in [0, 0.1) is 0 Å². The lowest BCUT2D eigenvalue weighted by Gasteiger charge is -2.08. The van der Waals surface area contributed by atoms with Crippen LogP contribution in [0.2, 0.25) is 5.02 Å². The van der Waals surface area contributed by atoms with E-state index in [0.29, 0.717) is 33.4 Å². The highest BCUT2D eigenvalue weighted by Crippen LogP contribution is 2.22. The van der Waals surface area contributed by atoms with Crippen molar-refractivity contribution in [3.05, 3.63) is 75.9 Å². The first-order valence-corrected chi connectivity index (χ1v) is 10.5. The van der Waals surface area contributed by atoms with Crippen molar-refractivity contribution in [1.29, 1.82) is 0 Å². The van der Waals surface area contributed by atoms with Crippen molar-refractivity contribution in [2.24, 2.45) is 0 Å². The van der Waals surface area contributed by atoms with E-state index in [-0.39, 0.29) is 11.8 Å². The van der Waals surface area contributed by atoms with Crippen LogP contribution in [-0.4, -0.2) is 17.6 Å². The second-order valence-corrected chi connectivity index (χ2v) is 8.17. The van der Waals surface area contributed by atoms with Crippen LogP contribution >= 0.6 is 34.7 Å². The van der Waals surface area contributed by atoms with E-state index < -0.39 is 0 Å². The Kier molecular flexibility index (Phi) is 6.92. The molecule has 2 aromatic carbocycles. The van der Waals surface area contributed by atoms with E-state index >= 15 is 0 Å². The van der Waals surface area contributed by atoms with E-state index in [9.17, 15) is 9.59 Å². The Morgan fingerprint density at radius 3 is 2.41 bits per heavy atom. The molecular weight excluding hydrogens is 400 g/mol. The molecule has 4 nitrogen and oxygen atoms in total. The lowest BCUT2D eigenvalue weighted by molar-refractivity contribution is -0.115. The summed E-state index contributed by atoms with van der Waals surface area (Å²) in [6.45, 7) is 0. The molecule has 0 spiro atoms. The minimum atomic E-state index is -0.159. The fourth-order valence-corrected chi connectivity index (χ4v) is 3.89. The van der Waals surface area contributed by atoms with Gasteiger partial charge in [-0.05, 0) is 53.9 Å². The van der Waals surface area contributed by atoms with Gasteiger partial charge in [-0.25, -0.2) is 0 Å². The van der Waals surface area contributed by atoms with E-state index in [2.05, 4.69) is 10.6 Å². The van der Waals surface area contributed by atoms with Gasteiger partial charge in [0.2, 0.25) is 5.91 Å². The Bertz CT molecular complexity index is 912. The second kappa shape index (κ2) is 9.60. The molecule has 7 heteroatoms. The molecule has 138 valence electrons. The van der Waals surface area contributed by atoms with E-state index in [4.69, 9.17) is 11.6 Å². The maximum atomic E-state index is 12.1. The molecule has 3 aromatic rings. The molecule has 0 bridgehead atoms. The molecule has 0 saturated heterocycles. The SMILES string of the molecule is O=C(CCSc1ccc(Cl)cc1)Nc1cccc(NC(=O)c2cccs2)c1. The highest BCUT2D eigenvalue weighted by molar-refractivity contribution is 7.99. The first-order chi connectivity index (χ1) is 13.1. The quantitative estimate of drug-likeness (QED) is 0.480. The summed E-state index contributed by atoms with van der Waals surface area (Å²) in [4.78, 5) is 26.0. The lowest BCUT2D eigenvalue weighted by atomic mass is 10.2. The summed E-state index contributed by atoms with van der Waals surface area (Å²) in [5.74, 6) is 0.438. The summed E-state index contributed by atoms with van der Waals surface area (Å²) < 4.78 is 0. The van der Waals surface area contributed by atoms with Gasteiger partial charge in [0.25, 0.3) is 5.91 Å². The number of thioether (sulfide) groups is 1. The molecule has 3 rings (SSSR count). The lowest BCUT2D eigenvalue weighted by Crippen LogP contribution is -2.13. The zero-order chi connectivity index (χ0) is 19.1. The number of hydrogen-bond acceptors (Lipinski definition) is 4. The van der Waals surface area contributed by atoms with Crippen molar-refractivity contribution in [3.63, 3.8) is 0 Å². The average Bonchev–Trinajstić information content (AvgIpc) is 3.18. The molecule has 0 saturated carbocycles. The Morgan fingerprint density at radius 1 is 0.963 bits per heavy atom. The highest BCUT2D eigenvalue weighted by Gasteiger charge is 2.08. The first-order valence-electron chi connectivity index (χ1n) is 8.23. The number of hydrogen-bond donors (Lipinski definition) is 2. The third-order valence-corrected chi connectivity index (χ3v) is 5.70. The van der Waals surface area contributed by atoms with Crippen molar-refractivity contribution in [3.8, 4) is 0 Å². The van der Waals surface area contributed by atoms with Crippen molar-refractivity contribution >= 4 is 57.9 Å². The minimum Gasteiger partial charge on any atom is -0.326 e. The van der Waals surface area contributed by atoms with E-state index in [1.807, 2.05) is 35.7 Å². The zero-order valence-electron chi connectivity index (χ0n) is 14.3. The van der Waals surface area contributed by atoms with Gasteiger partial charge in [-0.2, -0.15) is 0 Å². The average molecular weight is 417 g/mol. The molecule has 1 heterocycles. The zero-order valence-corrected chi connectivity index (χ0v) is 16.7. The molecule has 0 atom stereocenters. The van der Waals surface area contributed by atoms with Gasteiger partial charge in [-0.3, -0.25) is 9.59 Å². The standard InChI is InChI=1S/C20H17ClN2O2S2/c21-14-6-8-17(9-7-14)26-12-10-19(24)22-15-3-1-4-16(13-15)23-20(25)18-5-2-11-27-18/h1-9,11,13H,10,12H2,(H,22,24)(H,23,25). The predicted octanol–water partition coefficient (Wildman–Crippen LogP) is 5.77. The molecule has 0 fully saturated rings. The normalized spacial score (nSPS) is 10.4. The highest BCUT2D eigenvalue weighted by atomic mass is 35.5. The summed E-state index contributed by atoms with van der Waals surface area (Å²) >= 11 is 8.85. The number of anilines is 2. The molecule has 0 aliphatic rings. The van der Waals surface area contributed by atoms with Crippen molar-refractivity contribution in [1.82, 2.24) is 0 Å². The van der Waals surface area contributed by atoms with Crippen LogP contribution in [0.4, 0.5) is 11.4 Å². The topological polar surface area (TPSA) is 58.2 Å². The van der Waals surface area contributed by atoms with Gasteiger partial charge in [0.05, 0.1) is 4.88 Å². The van der Waals surface area contributed by atoms with Crippen LogP contribution in [0.3, 0.4) is 0 Å². The number of nitrogens with one attached hydrogen (secondary N) is 2. The first kappa shape index (κ1) is 19.5. The Balaban J connectivity index is 1.49. The number of carbonyl (C=O) groups excluding carboxylic acids is 2. The summed E-state index contributed by atoms with van der Waals surface area (Å²) in [6, 6.07) is 18.3. The minimum absolute atomic E-state index is 0.0711. The monoisotopic (exact) mass is 416 g/mol. The second-order valence-electron chi connectivity index (χ2n) is 5.61. The summed E-state index contributed by atoms with van der Waals surface area (Å²) in [6.07, 6.45) is 0.388. The number of thiophene rings is 1. The molecule has 1 aromatic heterocycles. The largest absolute Gasteiger partial charge is 0.326 e. The van der Waals surface area contributed by atoms with Crippen molar-refractivity contribution < 1.29 is 9.59 Å². The van der Waals surface area contributed by atoms with Gasteiger partial charge in [0.1, 0.15) is 0 Å². The van der Waals surface area contributed by atoms with Crippen molar-refractivity contribution in [2.45, 2.75) is 11.3 Å². The fraction of sp³-hybridized carbons (Fsp3) is 0.100. The van der Waals surface area contributed by atoms with Gasteiger partial charge in [-0.15, -0.1) is 23.1 Å². The molecule has 2 N–H and O–H groups in total. The van der Waals surface area contributed by atoms with Gasteiger partial charge in [0.15, 0.2) is 0 Å². The summed E-state index contributed by atoms with van der Waals surface area (Å²) in [5, 5.41) is 8.25. The fourth-order valence-electron chi connectivity index (χ4n) is 2.29. The van der Waals surface area contributed by atoms with Crippen LogP contribution in [0.1, 0.15) is 16.1 Å². The summed E-state index contributed by atoms with van der Waals surface area (Å²) in [5.41, 5.74) is 1.29. The molecule has 0 aliphatic carbocycles. The van der Waals surface area contributed by atoms with Gasteiger partial charge < -0.3 is 10.6 Å². The molecule has 0 aliphatic heterocycles. The number of halogens is 1. The molecular formula is C20H17ClN2O2S2. The molecule has 27 heavy (non-hydrogen) atoms. The molecule has 0 radical (unpaired) electrons. The van der Waals surface area contributed by atoms with E-state index in [0.717, 1.165) is 4.90 Å². The van der Waals surface area contributed by atoms with Crippen molar-refractivity contribution in [2.75, 3.05) is 16.4 Å². The third kappa shape index (κ3) is 6.13. The molecule has 2 amide bonds. The Morgan fingerprint density at radius 2 is 1.70 bits per heavy atom. The van der Waals surface area contributed by atoms with Gasteiger partial charge in [-0.1, -0.05) is 23.7 Å². The van der Waals surface area contributed by atoms with E-state index in [1.165, 1.54) is 11.3 Å². The van der Waals surface area contributed by atoms with Gasteiger partial charge in [0, 0.05) is 33.5 Å². The maximum Gasteiger partial charge on any atom is 0.265 e. The van der Waals surface area contributed by atoms with Crippen LogP contribution < -0.4 is 10.6 Å². The predicted molar refractivity (Wildman–Crippen MR) is 114 cm³/mol. The van der Waals surface area contributed by atoms with E-state index in [1.54, 1.807) is 42.1 Å². The number of carbonyl (C=O) groups is 2. The number of amides is 2. The third-order valence-electron chi connectivity index (χ3n) is 3.56. The Hall–Kier alpha value is -2.28. The van der Waals surface area contributed by atoms with Crippen LogP contribution in [0.15, 0.2) is 70.9 Å². The van der Waals surface area contributed by atoms with Crippen LogP contribution in [-0.2, 0) is 4.79 Å². The number of benzene rings is 2. The summed E-state index contributed by atoms with van der Waals surface area (Å²) in [7, 11) is 0. The Labute approximate surface area is 170 Å². The smallest absolute Gasteiger partial charge is 0.265 e. The molecule has 0 unspecified atom stereocenters. The maximum absolute atomic E-state index is 12.1. The number of rotatable bonds is 7. The van der Waals surface area contributed by atoms with Gasteiger partial charge >= 0.3 is 0 Å². The van der Waals surface area contributed by atoms with Crippen LogP contribution in [0.25, 0.3) is 0 Å². The van der Waals surface area contributed by atoms with Crippen LogP contribution in [0.5, 0.6) is 0 Å².